The summed E-state index contributed by atoms with van der Waals surface area (Å²) >= 11 is 0. The van der Waals surface area contributed by atoms with Crippen molar-refractivity contribution in [2.24, 2.45) is 15.7 Å². The third-order valence-electron chi connectivity index (χ3n) is 2.66. The van der Waals surface area contributed by atoms with E-state index in [1.165, 1.54) is 0 Å². The van der Waals surface area contributed by atoms with Crippen molar-refractivity contribution in [3.05, 3.63) is 0 Å². The Morgan fingerprint density at radius 3 is 2.10 bits per heavy atom. The Balaban J connectivity index is 4.57. The maximum atomic E-state index is 5.39. The molecular formula is C15H31N3O2. The van der Waals surface area contributed by atoms with Gasteiger partial charge in [-0.3, -0.25) is 9.98 Å². The normalized spacial score (nSPS) is 13.0. The molecule has 0 aliphatic heterocycles. The van der Waals surface area contributed by atoms with Gasteiger partial charge in [0.05, 0.1) is 31.2 Å². The molecule has 0 amide bonds. The van der Waals surface area contributed by atoms with E-state index in [1.54, 1.807) is 0 Å². The highest BCUT2D eigenvalue weighted by molar-refractivity contribution is 6.42. The monoisotopic (exact) mass is 285 g/mol. The summed E-state index contributed by atoms with van der Waals surface area (Å²) in [5.74, 6) is 0. The number of hydrogen-bond donors (Lipinski definition) is 1. The average molecular weight is 285 g/mol. The molecule has 0 saturated heterocycles. The van der Waals surface area contributed by atoms with Crippen LogP contribution in [-0.2, 0) is 9.47 Å². The van der Waals surface area contributed by atoms with Crippen LogP contribution in [-0.4, -0.2) is 51.1 Å². The van der Waals surface area contributed by atoms with Crippen molar-refractivity contribution in [1.82, 2.24) is 0 Å². The molecule has 0 radical (unpaired) electrons. The molecule has 0 aliphatic carbocycles. The zero-order valence-electron chi connectivity index (χ0n) is 13.4. The molecular weight excluding hydrogens is 254 g/mol. The lowest BCUT2D eigenvalue weighted by Gasteiger charge is -2.10. The largest absolute Gasteiger partial charge is 0.380 e. The maximum absolute atomic E-state index is 5.39. The molecule has 118 valence electrons. The van der Waals surface area contributed by atoms with Crippen LogP contribution < -0.4 is 5.73 Å². The van der Waals surface area contributed by atoms with Crippen LogP contribution in [0.25, 0.3) is 0 Å². The second-order valence-corrected chi connectivity index (χ2v) is 4.46. The number of hydrogen-bond acceptors (Lipinski definition) is 5. The van der Waals surface area contributed by atoms with Crippen molar-refractivity contribution in [1.29, 1.82) is 0 Å². The van der Waals surface area contributed by atoms with Gasteiger partial charge in [-0.2, -0.15) is 0 Å². The molecule has 0 heterocycles. The van der Waals surface area contributed by atoms with E-state index in [0.717, 1.165) is 43.7 Å². The van der Waals surface area contributed by atoms with Gasteiger partial charge in [0.15, 0.2) is 0 Å². The second-order valence-electron chi connectivity index (χ2n) is 4.46. The Hall–Kier alpha value is -0.780. The summed E-state index contributed by atoms with van der Waals surface area (Å²) in [5.41, 5.74) is 7.57. The van der Waals surface area contributed by atoms with Crippen molar-refractivity contribution in [3.8, 4) is 0 Å². The highest BCUT2D eigenvalue weighted by Crippen LogP contribution is 2.03. The Morgan fingerprint density at radius 1 is 0.900 bits per heavy atom. The predicted molar refractivity (Wildman–Crippen MR) is 85.9 cm³/mol. The summed E-state index contributed by atoms with van der Waals surface area (Å²) in [5, 5.41) is 0. The number of nitrogens with two attached hydrogens (primary N) is 1. The van der Waals surface area contributed by atoms with E-state index in [4.69, 9.17) is 15.2 Å². The number of rotatable bonds is 13. The molecule has 0 saturated carbocycles. The summed E-state index contributed by atoms with van der Waals surface area (Å²) in [6, 6.07) is 0. The van der Waals surface area contributed by atoms with Crippen molar-refractivity contribution in [3.63, 3.8) is 0 Å². The van der Waals surface area contributed by atoms with Crippen LogP contribution in [0.15, 0.2) is 9.98 Å². The van der Waals surface area contributed by atoms with Crippen LogP contribution in [0.4, 0.5) is 0 Å². The first-order chi connectivity index (χ1) is 9.79. The van der Waals surface area contributed by atoms with E-state index in [2.05, 4.69) is 23.8 Å². The van der Waals surface area contributed by atoms with Crippen LogP contribution in [0.1, 0.15) is 46.5 Å². The maximum Gasteiger partial charge on any atom is 0.137 e. The van der Waals surface area contributed by atoms with Crippen molar-refractivity contribution in [2.75, 3.05) is 39.6 Å². The second kappa shape index (κ2) is 14.6. The lowest BCUT2D eigenvalue weighted by atomic mass is 10.1. The summed E-state index contributed by atoms with van der Waals surface area (Å²) in [6.45, 7) is 9.88. The molecule has 0 spiro atoms. The molecule has 0 aromatic rings. The van der Waals surface area contributed by atoms with Crippen LogP contribution >= 0.6 is 0 Å². The van der Waals surface area contributed by atoms with Crippen molar-refractivity contribution < 1.29 is 9.47 Å². The first-order valence-corrected chi connectivity index (χ1v) is 7.72. The van der Waals surface area contributed by atoms with E-state index in [0.29, 0.717) is 33.0 Å². The molecule has 5 heteroatoms. The van der Waals surface area contributed by atoms with Crippen LogP contribution in [0.5, 0.6) is 0 Å². The number of ether oxygens (including phenoxy) is 2. The van der Waals surface area contributed by atoms with Crippen LogP contribution in [0.2, 0.25) is 0 Å². The molecule has 5 nitrogen and oxygen atoms in total. The van der Waals surface area contributed by atoms with Crippen LogP contribution in [0, 0.1) is 0 Å². The molecule has 0 aromatic carbocycles. The fourth-order valence-electron chi connectivity index (χ4n) is 1.76. The van der Waals surface area contributed by atoms with Gasteiger partial charge in [0.1, 0.15) is 6.73 Å². The third kappa shape index (κ3) is 10.1. The fourth-order valence-corrected chi connectivity index (χ4v) is 1.76. The summed E-state index contributed by atoms with van der Waals surface area (Å²) in [6.07, 6.45) is 4.03. The molecule has 20 heavy (non-hydrogen) atoms. The van der Waals surface area contributed by atoms with Gasteiger partial charge < -0.3 is 15.2 Å². The molecule has 0 aliphatic rings. The molecule has 0 fully saturated rings. The lowest BCUT2D eigenvalue weighted by molar-refractivity contribution is 0.150. The van der Waals surface area contributed by atoms with E-state index >= 15 is 0 Å². The zero-order chi connectivity index (χ0) is 15.1. The topological polar surface area (TPSA) is 69.2 Å². The average Bonchev–Trinajstić information content (AvgIpc) is 2.46. The highest BCUT2D eigenvalue weighted by Gasteiger charge is 2.07. The summed E-state index contributed by atoms with van der Waals surface area (Å²) in [4.78, 5) is 9.19. The molecule has 0 atom stereocenters. The summed E-state index contributed by atoms with van der Waals surface area (Å²) < 4.78 is 10.7. The molecule has 0 rings (SSSR count). The van der Waals surface area contributed by atoms with Gasteiger partial charge in [0.2, 0.25) is 0 Å². The van der Waals surface area contributed by atoms with Crippen LogP contribution in [0.3, 0.4) is 0 Å². The minimum Gasteiger partial charge on any atom is -0.380 e. The van der Waals surface area contributed by atoms with Gasteiger partial charge in [-0.05, 0) is 19.8 Å². The number of aliphatic imine (C=N–C) groups is 2. The third-order valence-corrected chi connectivity index (χ3v) is 2.66. The van der Waals surface area contributed by atoms with Gasteiger partial charge in [-0.15, -0.1) is 0 Å². The van der Waals surface area contributed by atoms with Gasteiger partial charge >= 0.3 is 0 Å². The Bertz CT molecular complexity index is 250. The Labute approximate surface area is 123 Å². The standard InChI is InChI=1S/C15H31N3O2/c1-4-7-14(17-10-12-19-6-3)15(8-5-2)18-13-20-11-9-16/h4-13,16H2,1-3H3/b17-14+,18-15+. The predicted octanol–water partition coefficient (Wildman–Crippen LogP) is 2.44. The van der Waals surface area contributed by atoms with Crippen molar-refractivity contribution in [2.45, 2.75) is 46.5 Å². The molecule has 0 unspecified atom stereocenters. The van der Waals surface area contributed by atoms with E-state index in [-0.39, 0.29) is 0 Å². The quantitative estimate of drug-likeness (QED) is 0.417. The minimum absolute atomic E-state index is 0.376. The lowest BCUT2D eigenvalue weighted by Crippen LogP contribution is -2.17. The van der Waals surface area contributed by atoms with Gasteiger partial charge in [-0.1, -0.05) is 26.7 Å². The molecule has 0 aromatic heterocycles. The van der Waals surface area contributed by atoms with E-state index < -0.39 is 0 Å². The number of nitrogens with zero attached hydrogens (tertiary/aromatic N) is 2. The van der Waals surface area contributed by atoms with E-state index in [9.17, 15) is 0 Å². The van der Waals surface area contributed by atoms with Gasteiger partial charge in [0.25, 0.3) is 0 Å². The summed E-state index contributed by atoms with van der Waals surface area (Å²) in [7, 11) is 0. The molecule has 2 N–H and O–H groups in total. The Morgan fingerprint density at radius 2 is 1.55 bits per heavy atom. The van der Waals surface area contributed by atoms with Crippen molar-refractivity contribution >= 4 is 11.4 Å². The molecule has 0 bridgehead atoms. The highest BCUT2D eigenvalue weighted by atomic mass is 16.5. The van der Waals surface area contributed by atoms with E-state index in [1.807, 2.05) is 6.92 Å². The minimum atomic E-state index is 0.376. The Kier molecular flexibility index (Phi) is 14.1. The SMILES string of the molecule is CCCC(=N\CCOCC)/C(CCC)=N/COCCN. The zero-order valence-corrected chi connectivity index (χ0v) is 13.4. The first-order valence-electron chi connectivity index (χ1n) is 7.72. The first kappa shape index (κ1) is 19.2. The smallest absolute Gasteiger partial charge is 0.137 e. The fraction of sp³-hybridized carbons (Fsp3) is 0.867. The van der Waals surface area contributed by atoms with Gasteiger partial charge in [-0.25, -0.2) is 0 Å². The van der Waals surface area contributed by atoms with Gasteiger partial charge in [0, 0.05) is 13.2 Å².